The zero-order chi connectivity index (χ0) is 19.3. The number of halogens is 1. The predicted octanol–water partition coefficient (Wildman–Crippen LogP) is 2.77. The molecule has 28 heavy (non-hydrogen) atoms. The molecule has 1 aliphatic heterocycles. The van der Waals surface area contributed by atoms with Crippen LogP contribution in [0.5, 0.6) is 0 Å². The van der Waals surface area contributed by atoms with Gasteiger partial charge < -0.3 is 20.9 Å². The van der Waals surface area contributed by atoms with Crippen LogP contribution in [0.4, 0.5) is 0 Å². The van der Waals surface area contributed by atoms with Gasteiger partial charge in [-0.25, -0.2) is 0 Å². The number of carbonyl (C=O) groups is 1. The topological polar surface area (TPSA) is 68.8 Å². The first-order valence-electron chi connectivity index (χ1n) is 10.2. The van der Waals surface area contributed by atoms with E-state index < -0.39 is 0 Å². The third-order valence-electron chi connectivity index (χ3n) is 4.85. The number of nitrogens with zero attached hydrogens (tertiary/aromatic N) is 2. The van der Waals surface area contributed by atoms with Gasteiger partial charge in [0, 0.05) is 32.2 Å². The lowest BCUT2D eigenvalue weighted by atomic mass is 10.1. The van der Waals surface area contributed by atoms with Crippen LogP contribution >= 0.6 is 24.0 Å². The molecule has 6 nitrogen and oxygen atoms in total. The molecule has 7 heteroatoms. The molecule has 0 spiro atoms. The molecule has 0 aromatic heterocycles. The van der Waals surface area contributed by atoms with Crippen LogP contribution in [-0.2, 0) is 0 Å². The smallest absolute Gasteiger partial charge is 0.251 e. The van der Waals surface area contributed by atoms with Gasteiger partial charge in [0.25, 0.3) is 5.91 Å². The molecule has 0 radical (unpaired) electrons. The van der Waals surface area contributed by atoms with E-state index in [2.05, 4.69) is 25.8 Å². The average Bonchev–Trinajstić information content (AvgIpc) is 2.95. The molecular weight excluding hydrogens is 465 g/mol. The van der Waals surface area contributed by atoms with Crippen molar-refractivity contribution in [2.45, 2.75) is 39.0 Å². The van der Waals surface area contributed by atoms with Crippen molar-refractivity contribution in [3.63, 3.8) is 0 Å². The van der Waals surface area contributed by atoms with Crippen LogP contribution in [0.3, 0.4) is 0 Å². The maximum atomic E-state index is 12.1. The highest BCUT2D eigenvalue weighted by molar-refractivity contribution is 14.0. The summed E-state index contributed by atoms with van der Waals surface area (Å²) in [6.45, 7) is 7.73. The van der Waals surface area contributed by atoms with Crippen LogP contribution in [0, 0.1) is 6.92 Å². The van der Waals surface area contributed by atoms with Gasteiger partial charge in [0.1, 0.15) is 0 Å². The van der Waals surface area contributed by atoms with Gasteiger partial charge >= 0.3 is 0 Å². The summed E-state index contributed by atoms with van der Waals surface area (Å²) in [7, 11) is 1.77. The highest BCUT2D eigenvalue weighted by Crippen LogP contribution is 2.09. The number of carbonyl (C=O) groups excluding carboxylic acids is 1. The van der Waals surface area contributed by atoms with Crippen LogP contribution < -0.4 is 16.0 Å². The van der Waals surface area contributed by atoms with Crippen molar-refractivity contribution in [1.29, 1.82) is 0 Å². The number of hydrogen-bond acceptors (Lipinski definition) is 3. The van der Waals surface area contributed by atoms with E-state index in [0.29, 0.717) is 18.7 Å². The maximum absolute atomic E-state index is 12.1. The molecule has 1 aromatic carbocycles. The molecule has 3 N–H and O–H groups in total. The second kappa shape index (κ2) is 14.6. The number of rotatable bonds is 8. The summed E-state index contributed by atoms with van der Waals surface area (Å²) in [4.78, 5) is 18.9. The van der Waals surface area contributed by atoms with E-state index in [1.807, 2.05) is 31.2 Å². The minimum atomic E-state index is -0.0408. The molecule has 1 amide bonds. The third-order valence-corrected chi connectivity index (χ3v) is 4.85. The van der Waals surface area contributed by atoms with Gasteiger partial charge in [0.15, 0.2) is 5.96 Å². The largest absolute Gasteiger partial charge is 0.356 e. The van der Waals surface area contributed by atoms with E-state index in [4.69, 9.17) is 0 Å². The molecule has 1 saturated heterocycles. The van der Waals surface area contributed by atoms with Crippen molar-refractivity contribution in [3.05, 3.63) is 35.4 Å². The third kappa shape index (κ3) is 9.73. The lowest BCUT2D eigenvalue weighted by Crippen LogP contribution is -2.42. The van der Waals surface area contributed by atoms with Gasteiger partial charge in [-0.05, 0) is 58.0 Å². The molecule has 1 aliphatic rings. The summed E-state index contributed by atoms with van der Waals surface area (Å²) in [5.41, 5.74) is 1.79. The predicted molar refractivity (Wildman–Crippen MR) is 128 cm³/mol. The Morgan fingerprint density at radius 3 is 2.39 bits per heavy atom. The zero-order valence-electron chi connectivity index (χ0n) is 17.3. The second-order valence-corrected chi connectivity index (χ2v) is 7.16. The Bertz CT molecular complexity index is 600. The van der Waals surface area contributed by atoms with E-state index in [-0.39, 0.29) is 29.9 Å². The number of hydrogen-bond donors (Lipinski definition) is 3. The number of nitrogens with one attached hydrogen (secondary N) is 3. The molecule has 0 bridgehead atoms. The van der Waals surface area contributed by atoms with Crippen molar-refractivity contribution in [3.8, 4) is 0 Å². The Morgan fingerprint density at radius 2 is 1.71 bits per heavy atom. The van der Waals surface area contributed by atoms with Gasteiger partial charge in [-0.1, -0.05) is 30.5 Å². The van der Waals surface area contributed by atoms with Gasteiger partial charge in [-0.3, -0.25) is 9.79 Å². The molecule has 158 valence electrons. The lowest BCUT2D eigenvalue weighted by Gasteiger charge is -2.20. The number of amides is 1. The summed E-state index contributed by atoms with van der Waals surface area (Å²) in [6.07, 6.45) is 6.55. The first-order chi connectivity index (χ1) is 13.2. The standard InChI is InChI=1S/C21H35N5O.HI/c1-18-9-7-10-19(17-18)20(27)23-12-13-25-21(22-2)24-11-8-16-26-14-5-3-4-6-15-26;/h7,9-10,17H,3-6,8,11-16H2,1-2H3,(H,23,27)(H2,22,24,25);1H. The van der Waals surface area contributed by atoms with Crippen LogP contribution in [0.2, 0.25) is 0 Å². The molecule has 1 aromatic rings. The Hall–Kier alpha value is -1.35. The summed E-state index contributed by atoms with van der Waals surface area (Å²) < 4.78 is 0. The van der Waals surface area contributed by atoms with Crippen LogP contribution in [0.1, 0.15) is 48.0 Å². The Kier molecular flexibility index (Phi) is 12.9. The summed E-state index contributed by atoms with van der Waals surface area (Å²) >= 11 is 0. The Labute approximate surface area is 187 Å². The molecule has 0 atom stereocenters. The maximum Gasteiger partial charge on any atom is 0.251 e. The van der Waals surface area contributed by atoms with E-state index in [1.165, 1.54) is 38.8 Å². The van der Waals surface area contributed by atoms with Crippen molar-refractivity contribution in [2.75, 3.05) is 46.3 Å². The van der Waals surface area contributed by atoms with Crippen LogP contribution in [0.25, 0.3) is 0 Å². The summed E-state index contributed by atoms with van der Waals surface area (Å²) in [5.74, 6) is 0.747. The highest BCUT2D eigenvalue weighted by atomic mass is 127. The van der Waals surface area contributed by atoms with Crippen molar-refractivity contribution < 1.29 is 4.79 Å². The normalized spacial score (nSPS) is 15.3. The molecule has 0 aliphatic carbocycles. The Morgan fingerprint density at radius 1 is 1.04 bits per heavy atom. The minimum Gasteiger partial charge on any atom is -0.356 e. The zero-order valence-corrected chi connectivity index (χ0v) is 19.6. The first kappa shape index (κ1) is 24.7. The van der Waals surface area contributed by atoms with E-state index in [9.17, 15) is 4.79 Å². The van der Waals surface area contributed by atoms with Crippen LogP contribution in [-0.4, -0.2) is 63.1 Å². The number of likely N-dealkylation sites (tertiary alicyclic amines) is 1. The second-order valence-electron chi connectivity index (χ2n) is 7.16. The van der Waals surface area contributed by atoms with E-state index >= 15 is 0 Å². The molecule has 0 unspecified atom stereocenters. The van der Waals surface area contributed by atoms with Gasteiger partial charge in [0.2, 0.25) is 0 Å². The number of guanidine groups is 1. The fourth-order valence-electron chi connectivity index (χ4n) is 3.34. The fraction of sp³-hybridized carbons (Fsp3) is 0.619. The summed E-state index contributed by atoms with van der Waals surface area (Å²) in [6, 6.07) is 7.62. The SMILES string of the molecule is CN=C(NCCCN1CCCCCC1)NCCNC(=O)c1cccc(C)c1.I. The van der Waals surface area contributed by atoms with Crippen molar-refractivity contribution >= 4 is 35.8 Å². The van der Waals surface area contributed by atoms with Crippen molar-refractivity contribution in [2.24, 2.45) is 4.99 Å². The molecule has 1 fully saturated rings. The number of aliphatic imine (C=N–C) groups is 1. The van der Waals surface area contributed by atoms with Crippen LogP contribution in [0.15, 0.2) is 29.3 Å². The Balaban J connectivity index is 0.00000392. The highest BCUT2D eigenvalue weighted by Gasteiger charge is 2.08. The van der Waals surface area contributed by atoms with E-state index in [0.717, 1.165) is 31.0 Å². The molecule has 0 saturated carbocycles. The number of aryl methyl sites for hydroxylation is 1. The number of benzene rings is 1. The van der Waals surface area contributed by atoms with Gasteiger partial charge in [-0.15, -0.1) is 24.0 Å². The quantitative estimate of drug-likeness (QED) is 0.222. The monoisotopic (exact) mass is 501 g/mol. The average molecular weight is 501 g/mol. The lowest BCUT2D eigenvalue weighted by molar-refractivity contribution is 0.0954. The van der Waals surface area contributed by atoms with Crippen molar-refractivity contribution in [1.82, 2.24) is 20.9 Å². The molecular formula is C21H36IN5O. The van der Waals surface area contributed by atoms with Gasteiger partial charge in [0.05, 0.1) is 0 Å². The summed E-state index contributed by atoms with van der Waals surface area (Å²) in [5, 5.41) is 9.53. The van der Waals surface area contributed by atoms with Gasteiger partial charge in [-0.2, -0.15) is 0 Å². The first-order valence-corrected chi connectivity index (χ1v) is 10.2. The fourth-order valence-corrected chi connectivity index (χ4v) is 3.34. The minimum absolute atomic E-state index is 0. The molecule has 2 rings (SSSR count). The molecule has 1 heterocycles. The van der Waals surface area contributed by atoms with E-state index in [1.54, 1.807) is 7.05 Å².